The van der Waals surface area contributed by atoms with E-state index >= 15 is 0 Å². The highest BCUT2D eigenvalue weighted by Crippen LogP contribution is 2.20. The second kappa shape index (κ2) is 11.6. The number of carbonyl (C=O) groups excluding carboxylic acids is 2. The average Bonchev–Trinajstić information content (AvgIpc) is 2.84. The van der Waals surface area contributed by atoms with Crippen molar-refractivity contribution in [2.24, 2.45) is 0 Å². The summed E-state index contributed by atoms with van der Waals surface area (Å²) in [7, 11) is -3.66. The van der Waals surface area contributed by atoms with Gasteiger partial charge in [0.1, 0.15) is 0 Å². The summed E-state index contributed by atoms with van der Waals surface area (Å²) in [4.78, 5) is 25.1. The van der Waals surface area contributed by atoms with Crippen molar-refractivity contribution in [3.05, 3.63) is 95.6 Å². The number of anilines is 1. The van der Waals surface area contributed by atoms with Crippen molar-refractivity contribution >= 4 is 27.6 Å². The summed E-state index contributed by atoms with van der Waals surface area (Å²) in [5, 5.41) is 2.59. The highest BCUT2D eigenvalue weighted by molar-refractivity contribution is 7.89. The van der Waals surface area contributed by atoms with Crippen LogP contribution in [0.5, 0.6) is 0 Å². The third-order valence-corrected chi connectivity index (χ3v) is 7.32. The van der Waals surface area contributed by atoms with Crippen LogP contribution in [0.25, 0.3) is 0 Å². The van der Waals surface area contributed by atoms with E-state index in [1.54, 1.807) is 38.1 Å². The van der Waals surface area contributed by atoms with E-state index < -0.39 is 28.5 Å². The molecule has 178 valence electrons. The zero-order chi connectivity index (χ0) is 24.6. The van der Waals surface area contributed by atoms with Gasteiger partial charge in [-0.3, -0.25) is 4.79 Å². The Kier molecular flexibility index (Phi) is 8.56. The fraction of sp³-hybridized carbons (Fsp3) is 0.231. The van der Waals surface area contributed by atoms with Gasteiger partial charge in [-0.05, 0) is 41.8 Å². The zero-order valence-electron chi connectivity index (χ0n) is 19.2. The number of rotatable bonds is 10. The lowest BCUT2D eigenvalue weighted by molar-refractivity contribution is -0.119. The van der Waals surface area contributed by atoms with Crippen LogP contribution >= 0.6 is 0 Å². The number of ether oxygens (including phenoxy) is 1. The van der Waals surface area contributed by atoms with E-state index in [1.165, 1.54) is 16.4 Å². The first-order chi connectivity index (χ1) is 16.3. The third-order valence-electron chi connectivity index (χ3n) is 5.27. The minimum absolute atomic E-state index is 0.0841. The molecular weight excluding hydrogens is 452 g/mol. The van der Waals surface area contributed by atoms with Crippen molar-refractivity contribution in [1.82, 2.24) is 4.31 Å². The number of hydrogen-bond donors (Lipinski definition) is 1. The Labute approximate surface area is 200 Å². The van der Waals surface area contributed by atoms with Crippen molar-refractivity contribution in [3.8, 4) is 0 Å². The summed E-state index contributed by atoms with van der Waals surface area (Å²) in [6.45, 7) is 3.72. The quantitative estimate of drug-likeness (QED) is 0.441. The Hall–Kier alpha value is -3.49. The minimum Gasteiger partial charge on any atom is -0.452 e. The maximum absolute atomic E-state index is 12.7. The Morgan fingerprint density at radius 3 is 2.26 bits per heavy atom. The van der Waals surface area contributed by atoms with Gasteiger partial charge in [0, 0.05) is 18.8 Å². The molecule has 7 nitrogen and oxygen atoms in total. The van der Waals surface area contributed by atoms with Crippen molar-refractivity contribution in [2.75, 3.05) is 25.0 Å². The van der Waals surface area contributed by atoms with Gasteiger partial charge in [0.05, 0.1) is 10.5 Å². The highest BCUT2D eigenvalue weighted by atomic mass is 32.2. The normalized spacial score (nSPS) is 11.3. The molecule has 0 fully saturated rings. The molecule has 0 aliphatic heterocycles. The fourth-order valence-electron chi connectivity index (χ4n) is 3.54. The Morgan fingerprint density at radius 2 is 1.56 bits per heavy atom. The zero-order valence-corrected chi connectivity index (χ0v) is 20.0. The lowest BCUT2D eigenvalue weighted by Gasteiger charge is -2.18. The van der Waals surface area contributed by atoms with Crippen molar-refractivity contribution in [3.63, 3.8) is 0 Å². The Morgan fingerprint density at radius 1 is 0.882 bits per heavy atom. The maximum Gasteiger partial charge on any atom is 0.338 e. The van der Waals surface area contributed by atoms with Gasteiger partial charge in [-0.25, -0.2) is 13.2 Å². The molecule has 3 aromatic rings. The molecule has 34 heavy (non-hydrogen) atoms. The second-order valence-electron chi connectivity index (χ2n) is 7.56. The van der Waals surface area contributed by atoms with Crippen LogP contribution in [0.1, 0.15) is 35.3 Å². The van der Waals surface area contributed by atoms with Crippen LogP contribution in [0.3, 0.4) is 0 Å². The average molecular weight is 481 g/mol. The van der Waals surface area contributed by atoms with E-state index in [4.69, 9.17) is 4.74 Å². The highest BCUT2D eigenvalue weighted by Gasteiger charge is 2.22. The molecule has 0 saturated carbocycles. The number of sulfonamides is 1. The molecular formula is C26H28N2O5S. The number of benzene rings is 3. The molecule has 0 unspecified atom stereocenters. The van der Waals surface area contributed by atoms with Crippen LogP contribution in [0.15, 0.2) is 83.8 Å². The lowest BCUT2D eigenvalue weighted by atomic mass is 10.00. The van der Waals surface area contributed by atoms with Gasteiger partial charge < -0.3 is 10.1 Å². The van der Waals surface area contributed by atoms with Gasteiger partial charge >= 0.3 is 5.97 Å². The standard InChI is InChI=1S/C26H28N2O5S/c1-3-28(4-2)34(31,32)23-15-10-14-22(18-23)27-25(29)19-33-26(30)24-16-9-8-13-21(24)17-20-11-6-5-7-12-20/h5-16,18H,3-4,17,19H2,1-2H3,(H,27,29). The second-order valence-corrected chi connectivity index (χ2v) is 9.50. The first-order valence-electron chi connectivity index (χ1n) is 11.0. The molecule has 8 heteroatoms. The fourth-order valence-corrected chi connectivity index (χ4v) is 5.05. The molecule has 0 aliphatic rings. The topological polar surface area (TPSA) is 92.8 Å². The number of esters is 1. The maximum atomic E-state index is 12.7. The summed E-state index contributed by atoms with van der Waals surface area (Å²) in [6, 6.07) is 22.9. The van der Waals surface area contributed by atoms with E-state index in [2.05, 4.69) is 5.32 Å². The predicted molar refractivity (Wildman–Crippen MR) is 131 cm³/mol. The van der Waals surface area contributed by atoms with Gasteiger partial charge in [0.2, 0.25) is 10.0 Å². The number of nitrogens with one attached hydrogen (secondary N) is 1. The molecule has 1 amide bonds. The van der Waals surface area contributed by atoms with Crippen LogP contribution in [-0.2, 0) is 26.0 Å². The molecule has 0 aliphatic carbocycles. The van der Waals surface area contributed by atoms with Crippen molar-refractivity contribution < 1.29 is 22.7 Å². The molecule has 3 aromatic carbocycles. The molecule has 0 heterocycles. The van der Waals surface area contributed by atoms with E-state index in [0.29, 0.717) is 30.8 Å². The van der Waals surface area contributed by atoms with E-state index in [0.717, 1.165) is 11.1 Å². The first-order valence-corrected chi connectivity index (χ1v) is 12.5. The summed E-state index contributed by atoms with van der Waals surface area (Å²) in [5.41, 5.74) is 2.55. The molecule has 0 saturated heterocycles. The summed E-state index contributed by atoms with van der Waals surface area (Å²) >= 11 is 0. The minimum atomic E-state index is -3.66. The molecule has 0 radical (unpaired) electrons. The number of nitrogens with zero attached hydrogens (tertiary/aromatic N) is 1. The predicted octanol–water partition coefficient (Wildman–Crippen LogP) is 4.10. The van der Waals surface area contributed by atoms with Crippen molar-refractivity contribution in [1.29, 1.82) is 0 Å². The summed E-state index contributed by atoms with van der Waals surface area (Å²) in [5.74, 6) is -1.16. The lowest BCUT2D eigenvalue weighted by Crippen LogP contribution is -2.30. The molecule has 3 rings (SSSR count). The third kappa shape index (κ3) is 6.30. The number of hydrogen-bond acceptors (Lipinski definition) is 5. The van der Waals surface area contributed by atoms with Gasteiger partial charge in [0.15, 0.2) is 6.61 Å². The van der Waals surface area contributed by atoms with Gasteiger partial charge in [0.25, 0.3) is 5.91 Å². The Balaban J connectivity index is 1.64. The van der Waals surface area contributed by atoms with Crippen LogP contribution in [0.2, 0.25) is 0 Å². The largest absolute Gasteiger partial charge is 0.452 e. The number of amides is 1. The summed E-state index contributed by atoms with van der Waals surface area (Å²) < 4.78 is 32.0. The monoisotopic (exact) mass is 480 g/mol. The summed E-state index contributed by atoms with van der Waals surface area (Å²) in [6.07, 6.45) is 0.562. The van der Waals surface area contributed by atoms with E-state index in [9.17, 15) is 18.0 Å². The molecule has 0 aromatic heterocycles. The van der Waals surface area contributed by atoms with Crippen LogP contribution in [0.4, 0.5) is 5.69 Å². The first kappa shape index (κ1) is 25.1. The number of carbonyl (C=O) groups is 2. The molecule has 0 spiro atoms. The molecule has 0 atom stereocenters. The Bertz CT molecular complexity index is 1240. The van der Waals surface area contributed by atoms with Crippen LogP contribution < -0.4 is 5.32 Å². The molecule has 1 N–H and O–H groups in total. The van der Waals surface area contributed by atoms with Crippen molar-refractivity contribution in [2.45, 2.75) is 25.2 Å². The van der Waals surface area contributed by atoms with Crippen LogP contribution in [0, 0.1) is 0 Å². The SMILES string of the molecule is CCN(CC)S(=O)(=O)c1cccc(NC(=O)COC(=O)c2ccccc2Cc2ccccc2)c1. The van der Waals surface area contributed by atoms with Crippen LogP contribution in [-0.4, -0.2) is 44.3 Å². The van der Waals surface area contributed by atoms with E-state index in [1.807, 2.05) is 42.5 Å². The van der Waals surface area contributed by atoms with E-state index in [-0.39, 0.29) is 4.90 Å². The molecule has 0 bridgehead atoms. The van der Waals surface area contributed by atoms with Gasteiger partial charge in [-0.15, -0.1) is 0 Å². The van der Waals surface area contributed by atoms with Gasteiger partial charge in [-0.2, -0.15) is 4.31 Å². The van der Waals surface area contributed by atoms with Gasteiger partial charge in [-0.1, -0.05) is 68.4 Å². The smallest absolute Gasteiger partial charge is 0.338 e.